The lowest BCUT2D eigenvalue weighted by Crippen LogP contribution is -2.17. The molecule has 0 atom stereocenters. The summed E-state index contributed by atoms with van der Waals surface area (Å²) in [6, 6.07) is 9.61. The third-order valence-electron chi connectivity index (χ3n) is 4.40. The minimum absolute atomic E-state index is 0.272. The molecule has 6 heteroatoms. The zero-order valence-corrected chi connectivity index (χ0v) is 16.4. The van der Waals surface area contributed by atoms with Crippen LogP contribution in [0.4, 0.5) is 0 Å². The van der Waals surface area contributed by atoms with Crippen LogP contribution in [-0.2, 0) is 17.7 Å². The standard InChI is InChI=1S/C22H26N2O4/c1-3-17-20-18(9-5-10-19(20)28-21(17)22(25)26-4-2)27-13-7-12-24-15-16-8-6-11-23-14-16/h5-6,8-11,14,24H,3-4,7,12-13,15H2,1-2H3. The normalized spacial score (nSPS) is 10.9. The van der Waals surface area contributed by atoms with Gasteiger partial charge in [0.05, 0.1) is 18.6 Å². The Labute approximate surface area is 164 Å². The molecule has 1 N–H and O–H groups in total. The highest BCUT2D eigenvalue weighted by Gasteiger charge is 2.22. The number of esters is 1. The molecule has 148 valence electrons. The number of nitrogens with one attached hydrogen (secondary N) is 1. The molecule has 0 saturated carbocycles. The van der Waals surface area contributed by atoms with Gasteiger partial charge in [-0.15, -0.1) is 0 Å². The van der Waals surface area contributed by atoms with E-state index in [0.29, 0.717) is 25.2 Å². The van der Waals surface area contributed by atoms with Gasteiger partial charge in [-0.05, 0) is 50.1 Å². The van der Waals surface area contributed by atoms with Gasteiger partial charge in [0.1, 0.15) is 11.3 Å². The summed E-state index contributed by atoms with van der Waals surface area (Å²) < 4.78 is 16.9. The van der Waals surface area contributed by atoms with Crippen molar-refractivity contribution in [3.63, 3.8) is 0 Å². The fourth-order valence-corrected chi connectivity index (χ4v) is 3.11. The molecule has 2 aromatic heterocycles. The zero-order valence-electron chi connectivity index (χ0n) is 16.4. The van der Waals surface area contributed by atoms with Gasteiger partial charge in [-0.1, -0.05) is 19.1 Å². The van der Waals surface area contributed by atoms with Crippen LogP contribution in [0.1, 0.15) is 41.9 Å². The van der Waals surface area contributed by atoms with Crippen molar-refractivity contribution < 1.29 is 18.7 Å². The molecule has 0 aliphatic heterocycles. The first-order valence-electron chi connectivity index (χ1n) is 9.68. The highest BCUT2D eigenvalue weighted by atomic mass is 16.5. The Bertz CT molecular complexity index is 906. The van der Waals surface area contributed by atoms with Crippen molar-refractivity contribution in [3.8, 4) is 5.75 Å². The maximum absolute atomic E-state index is 12.2. The van der Waals surface area contributed by atoms with Crippen LogP contribution >= 0.6 is 0 Å². The molecule has 0 aliphatic carbocycles. The lowest BCUT2D eigenvalue weighted by atomic mass is 10.1. The molecule has 6 nitrogen and oxygen atoms in total. The predicted molar refractivity (Wildman–Crippen MR) is 108 cm³/mol. The molecule has 0 unspecified atom stereocenters. The van der Waals surface area contributed by atoms with Crippen LogP contribution in [-0.4, -0.2) is 30.7 Å². The Balaban J connectivity index is 1.60. The van der Waals surface area contributed by atoms with E-state index in [4.69, 9.17) is 13.9 Å². The van der Waals surface area contributed by atoms with E-state index < -0.39 is 5.97 Å². The fraction of sp³-hybridized carbons (Fsp3) is 0.364. The maximum atomic E-state index is 12.2. The van der Waals surface area contributed by atoms with Gasteiger partial charge in [-0.3, -0.25) is 4.98 Å². The molecule has 28 heavy (non-hydrogen) atoms. The summed E-state index contributed by atoms with van der Waals surface area (Å²) in [5.41, 5.74) is 2.64. The van der Waals surface area contributed by atoms with Crippen LogP contribution in [0, 0.1) is 0 Å². The Morgan fingerprint density at radius 1 is 1.21 bits per heavy atom. The van der Waals surface area contributed by atoms with E-state index in [9.17, 15) is 4.79 Å². The number of carbonyl (C=O) groups is 1. The molecule has 0 aliphatic rings. The van der Waals surface area contributed by atoms with Gasteiger partial charge >= 0.3 is 5.97 Å². The van der Waals surface area contributed by atoms with Gasteiger partial charge in [-0.25, -0.2) is 4.79 Å². The number of rotatable bonds is 10. The number of nitrogens with zero attached hydrogens (tertiary/aromatic N) is 1. The lowest BCUT2D eigenvalue weighted by molar-refractivity contribution is 0.0491. The van der Waals surface area contributed by atoms with Crippen LogP contribution in [0.5, 0.6) is 5.75 Å². The minimum atomic E-state index is -0.430. The van der Waals surface area contributed by atoms with E-state index >= 15 is 0 Å². The summed E-state index contributed by atoms with van der Waals surface area (Å²) in [7, 11) is 0. The second kappa shape index (κ2) is 9.90. The molecule has 2 heterocycles. The lowest BCUT2D eigenvalue weighted by Gasteiger charge is -2.09. The van der Waals surface area contributed by atoms with Crippen LogP contribution in [0.15, 0.2) is 47.1 Å². The molecule has 0 amide bonds. The van der Waals surface area contributed by atoms with Crippen molar-refractivity contribution in [2.24, 2.45) is 0 Å². The van der Waals surface area contributed by atoms with Gasteiger partial charge in [0.15, 0.2) is 0 Å². The third kappa shape index (κ3) is 4.70. The van der Waals surface area contributed by atoms with Crippen molar-refractivity contribution in [1.82, 2.24) is 10.3 Å². The molecule has 3 rings (SSSR count). The van der Waals surface area contributed by atoms with Crippen molar-refractivity contribution in [1.29, 1.82) is 0 Å². The molecular weight excluding hydrogens is 356 g/mol. The molecule has 3 aromatic rings. The third-order valence-corrected chi connectivity index (χ3v) is 4.40. The van der Waals surface area contributed by atoms with E-state index in [0.717, 1.165) is 41.8 Å². The highest BCUT2D eigenvalue weighted by molar-refractivity contribution is 5.98. The number of benzene rings is 1. The number of aryl methyl sites for hydroxylation is 1. The van der Waals surface area contributed by atoms with Crippen LogP contribution in [0.25, 0.3) is 11.0 Å². The fourth-order valence-electron chi connectivity index (χ4n) is 3.11. The van der Waals surface area contributed by atoms with Gasteiger partial charge in [-0.2, -0.15) is 0 Å². The predicted octanol–water partition coefficient (Wildman–Crippen LogP) is 4.13. The summed E-state index contributed by atoms with van der Waals surface area (Å²) in [5, 5.41) is 4.24. The van der Waals surface area contributed by atoms with Crippen molar-refractivity contribution in [3.05, 3.63) is 59.6 Å². The first-order valence-corrected chi connectivity index (χ1v) is 9.68. The van der Waals surface area contributed by atoms with Gasteiger partial charge in [0.25, 0.3) is 0 Å². The van der Waals surface area contributed by atoms with E-state index in [2.05, 4.69) is 10.3 Å². The Morgan fingerprint density at radius 2 is 2.11 bits per heavy atom. The number of fused-ring (bicyclic) bond motifs is 1. The van der Waals surface area contributed by atoms with Crippen molar-refractivity contribution >= 4 is 16.9 Å². The van der Waals surface area contributed by atoms with E-state index in [-0.39, 0.29) is 5.76 Å². The molecule has 0 bridgehead atoms. The number of aromatic nitrogens is 1. The first-order chi connectivity index (χ1) is 13.7. The van der Waals surface area contributed by atoms with E-state index in [1.54, 1.807) is 13.1 Å². The Hall–Kier alpha value is -2.86. The average Bonchev–Trinajstić information content (AvgIpc) is 3.11. The number of hydrogen-bond acceptors (Lipinski definition) is 6. The Kier molecular flexibility index (Phi) is 7.03. The van der Waals surface area contributed by atoms with E-state index in [1.165, 1.54) is 0 Å². The largest absolute Gasteiger partial charge is 0.493 e. The summed E-state index contributed by atoms with van der Waals surface area (Å²) in [5.74, 6) is 0.579. The van der Waals surface area contributed by atoms with Crippen LogP contribution < -0.4 is 10.1 Å². The summed E-state index contributed by atoms with van der Waals surface area (Å²) in [4.78, 5) is 16.3. The van der Waals surface area contributed by atoms with Crippen LogP contribution in [0.2, 0.25) is 0 Å². The van der Waals surface area contributed by atoms with Gasteiger partial charge in [0.2, 0.25) is 5.76 Å². The first kappa shape index (κ1) is 19.9. The smallest absolute Gasteiger partial charge is 0.374 e. The summed E-state index contributed by atoms with van der Waals surface area (Å²) in [6.07, 6.45) is 5.15. The minimum Gasteiger partial charge on any atom is -0.493 e. The SMILES string of the molecule is CCOC(=O)c1oc2cccc(OCCCNCc3cccnc3)c2c1CC. The zero-order chi connectivity index (χ0) is 19.8. The quantitative estimate of drug-likeness (QED) is 0.420. The molecular formula is C22H26N2O4. The molecule has 0 spiro atoms. The molecule has 0 radical (unpaired) electrons. The Morgan fingerprint density at radius 3 is 2.86 bits per heavy atom. The topological polar surface area (TPSA) is 73.6 Å². The number of carbonyl (C=O) groups excluding carboxylic acids is 1. The number of ether oxygens (including phenoxy) is 2. The highest BCUT2D eigenvalue weighted by Crippen LogP contribution is 2.34. The molecule has 1 aromatic carbocycles. The maximum Gasteiger partial charge on any atom is 0.374 e. The van der Waals surface area contributed by atoms with Crippen molar-refractivity contribution in [2.75, 3.05) is 19.8 Å². The number of hydrogen-bond donors (Lipinski definition) is 1. The average molecular weight is 382 g/mol. The van der Waals surface area contributed by atoms with Gasteiger partial charge in [0, 0.05) is 24.5 Å². The number of pyridine rings is 1. The van der Waals surface area contributed by atoms with E-state index in [1.807, 2.05) is 43.5 Å². The second-order valence-electron chi connectivity index (χ2n) is 6.35. The van der Waals surface area contributed by atoms with Crippen molar-refractivity contribution in [2.45, 2.75) is 33.2 Å². The van der Waals surface area contributed by atoms with Crippen LogP contribution in [0.3, 0.4) is 0 Å². The number of furan rings is 1. The molecule has 0 fully saturated rings. The van der Waals surface area contributed by atoms with Gasteiger partial charge < -0.3 is 19.2 Å². The summed E-state index contributed by atoms with van der Waals surface area (Å²) in [6.45, 7) is 6.28. The second-order valence-corrected chi connectivity index (χ2v) is 6.35. The monoisotopic (exact) mass is 382 g/mol. The summed E-state index contributed by atoms with van der Waals surface area (Å²) >= 11 is 0. The molecule has 0 saturated heterocycles.